The average Bonchev–Trinajstić information content (AvgIpc) is 3.40. The van der Waals surface area contributed by atoms with Gasteiger partial charge in [-0.15, -0.1) is 0 Å². The Morgan fingerprint density at radius 3 is 1.67 bits per heavy atom. The van der Waals surface area contributed by atoms with E-state index in [9.17, 15) is 19.2 Å². The predicted molar refractivity (Wildman–Crippen MR) is 159 cm³/mol. The Bertz CT molecular complexity index is 1650. The molecule has 1 aromatic heterocycles. The van der Waals surface area contributed by atoms with Crippen LogP contribution in [-0.2, 0) is 23.7 Å². The number of rotatable bonds is 10. The van der Waals surface area contributed by atoms with E-state index < -0.39 is 48.4 Å². The fourth-order valence-electron chi connectivity index (χ4n) is 4.77. The molecule has 0 amide bonds. The number of nitrogen functional groups attached to an aromatic ring is 1. The van der Waals surface area contributed by atoms with Crippen LogP contribution in [0.25, 0.3) is 0 Å². The zero-order valence-corrected chi connectivity index (χ0v) is 24.3. The van der Waals surface area contributed by atoms with Crippen molar-refractivity contribution in [1.82, 2.24) is 0 Å². The van der Waals surface area contributed by atoms with Gasteiger partial charge in [0.2, 0.25) is 12.3 Å². The van der Waals surface area contributed by atoms with Gasteiger partial charge in [0.15, 0.2) is 6.10 Å². The van der Waals surface area contributed by atoms with Gasteiger partial charge in [-0.1, -0.05) is 54.6 Å². The number of anilines is 1. The number of pyridine rings is 1. The minimum absolute atomic E-state index is 0.142. The Hall–Kier alpha value is -5.55. The zero-order valence-electron chi connectivity index (χ0n) is 24.3. The van der Waals surface area contributed by atoms with E-state index in [0.717, 1.165) is 0 Å². The summed E-state index contributed by atoms with van der Waals surface area (Å²) in [6.07, 6.45) is -3.48. The molecular weight excluding hydrogens is 580 g/mol. The predicted octanol–water partition coefficient (Wildman–Crippen LogP) is 3.94. The summed E-state index contributed by atoms with van der Waals surface area (Å²) in [5, 5.41) is 0. The van der Waals surface area contributed by atoms with E-state index in [1.54, 1.807) is 97.9 Å². The van der Waals surface area contributed by atoms with Gasteiger partial charge in [-0.3, -0.25) is 5.73 Å². The minimum atomic E-state index is -1.30. The Morgan fingerprint density at radius 1 is 0.644 bits per heavy atom. The summed E-state index contributed by atoms with van der Waals surface area (Å²) in [4.78, 5) is 52.1. The van der Waals surface area contributed by atoms with E-state index in [1.807, 2.05) is 0 Å². The number of nitrogens with two attached hydrogens (primary N) is 1. The lowest BCUT2D eigenvalue weighted by Crippen LogP contribution is -2.50. The molecule has 4 aromatic rings. The second-order valence-corrected chi connectivity index (χ2v) is 9.97. The quantitative estimate of drug-likeness (QED) is 0.159. The summed E-state index contributed by atoms with van der Waals surface area (Å²) < 4.78 is 30.3. The van der Waals surface area contributed by atoms with E-state index in [4.69, 9.17) is 29.4 Å². The van der Waals surface area contributed by atoms with Crippen molar-refractivity contribution in [2.24, 2.45) is 0 Å². The lowest BCUT2D eigenvalue weighted by Gasteiger charge is -2.24. The standard InChI is InChI=1S/C34H30N2O9/c1-2-41-32(38)25-18-19-27(35)36(20-25)30-29(45-34(40)24-16-10-5-11-17-24)28(44-33(39)23-14-8-4-9-15-23)26(43-30)21-42-31(37)22-12-6-3-7-13-22/h3-20,26,28-30,35H,2,21H2,1H3/p+1/t26-,28+,29+,30+/m0/s1. The van der Waals surface area contributed by atoms with Gasteiger partial charge in [0.05, 0.1) is 28.9 Å². The monoisotopic (exact) mass is 611 g/mol. The first-order valence-electron chi connectivity index (χ1n) is 14.2. The molecule has 0 radical (unpaired) electrons. The number of carbonyl (C=O) groups is 4. The first-order valence-corrected chi connectivity index (χ1v) is 14.2. The van der Waals surface area contributed by atoms with Crippen molar-refractivity contribution < 1.29 is 47.4 Å². The molecule has 0 aliphatic carbocycles. The van der Waals surface area contributed by atoms with Gasteiger partial charge in [-0.25, -0.2) is 23.7 Å². The van der Waals surface area contributed by atoms with Crippen LogP contribution >= 0.6 is 0 Å². The molecule has 5 rings (SSSR count). The number of hydrogen-bond acceptors (Lipinski definition) is 10. The highest BCUT2D eigenvalue weighted by Gasteiger charge is 2.54. The Balaban J connectivity index is 1.53. The first kappa shape index (κ1) is 30.9. The molecule has 11 nitrogen and oxygen atoms in total. The molecule has 1 saturated heterocycles. The van der Waals surface area contributed by atoms with Crippen LogP contribution in [0.4, 0.5) is 5.82 Å². The summed E-state index contributed by atoms with van der Waals surface area (Å²) in [5.41, 5.74) is 7.26. The molecule has 45 heavy (non-hydrogen) atoms. The molecule has 2 N–H and O–H groups in total. The lowest BCUT2D eigenvalue weighted by atomic mass is 10.1. The maximum atomic E-state index is 13.4. The third-order valence-corrected chi connectivity index (χ3v) is 6.97. The summed E-state index contributed by atoms with van der Waals surface area (Å²) in [6, 6.07) is 27.8. The van der Waals surface area contributed by atoms with Crippen LogP contribution in [0.1, 0.15) is 54.6 Å². The van der Waals surface area contributed by atoms with Crippen molar-refractivity contribution in [2.45, 2.75) is 31.5 Å². The highest BCUT2D eigenvalue weighted by atomic mass is 16.7. The van der Waals surface area contributed by atoms with Gasteiger partial charge >= 0.3 is 23.9 Å². The number of carbonyl (C=O) groups excluding carboxylic acids is 4. The van der Waals surface area contributed by atoms with Gasteiger partial charge < -0.3 is 23.7 Å². The molecule has 1 aliphatic heterocycles. The fraction of sp³-hybridized carbons (Fsp3) is 0.206. The van der Waals surface area contributed by atoms with E-state index in [0.29, 0.717) is 5.56 Å². The smallest absolute Gasteiger partial charge is 0.341 e. The van der Waals surface area contributed by atoms with Crippen molar-refractivity contribution in [3.05, 3.63) is 132 Å². The summed E-state index contributed by atoms with van der Waals surface area (Å²) >= 11 is 0. The maximum Gasteiger partial charge on any atom is 0.341 e. The lowest BCUT2D eigenvalue weighted by molar-refractivity contribution is -0.753. The van der Waals surface area contributed by atoms with E-state index in [-0.39, 0.29) is 35.7 Å². The number of nitrogens with zero attached hydrogens (tertiary/aromatic N) is 1. The Labute approximate surface area is 259 Å². The van der Waals surface area contributed by atoms with Crippen LogP contribution in [0.5, 0.6) is 0 Å². The first-order chi connectivity index (χ1) is 21.9. The molecule has 2 heterocycles. The number of benzene rings is 3. The molecule has 4 atom stereocenters. The molecule has 1 aliphatic rings. The summed E-state index contributed by atoms with van der Waals surface area (Å²) in [6.45, 7) is 1.45. The largest absolute Gasteiger partial charge is 0.462 e. The van der Waals surface area contributed by atoms with E-state index >= 15 is 0 Å². The number of aromatic nitrogens is 1. The van der Waals surface area contributed by atoms with Crippen LogP contribution in [0, 0.1) is 0 Å². The van der Waals surface area contributed by atoms with Crippen LogP contribution in [0.3, 0.4) is 0 Å². The second kappa shape index (κ2) is 14.3. The highest BCUT2D eigenvalue weighted by molar-refractivity contribution is 5.91. The molecule has 1 fully saturated rings. The molecule has 11 heteroatoms. The average molecular weight is 612 g/mol. The van der Waals surface area contributed by atoms with Crippen molar-refractivity contribution in [2.75, 3.05) is 18.9 Å². The van der Waals surface area contributed by atoms with E-state index in [2.05, 4.69) is 0 Å². The number of ether oxygens (including phenoxy) is 5. The third-order valence-electron chi connectivity index (χ3n) is 6.97. The SMILES string of the molecule is CCOC(=O)c1ccc(N)[n+]([C@@H]2O[C@@H](COC(=O)c3ccccc3)[C@@H](OC(=O)c3ccccc3)[C@H]2OC(=O)c2ccccc2)c1. The van der Waals surface area contributed by atoms with Crippen molar-refractivity contribution >= 4 is 29.7 Å². The minimum Gasteiger partial charge on any atom is -0.462 e. The Morgan fingerprint density at radius 2 is 1.13 bits per heavy atom. The van der Waals surface area contributed by atoms with Gasteiger partial charge in [-0.2, -0.15) is 0 Å². The van der Waals surface area contributed by atoms with Crippen molar-refractivity contribution in [3.8, 4) is 0 Å². The van der Waals surface area contributed by atoms with E-state index in [1.165, 1.54) is 22.9 Å². The maximum absolute atomic E-state index is 13.4. The van der Waals surface area contributed by atoms with Gasteiger partial charge in [0, 0.05) is 6.07 Å². The zero-order chi connectivity index (χ0) is 31.8. The van der Waals surface area contributed by atoms with Gasteiger partial charge in [0.25, 0.3) is 5.82 Å². The van der Waals surface area contributed by atoms with Crippen LogP contribution in [-0.4, -0.2) is 55.4 Å². The van der Waals surface area contributed by atoms with Gasteiger partial charge in [-0.05, 0) is 49.4 Å². The second-order valence-electron chi connectivity index (χ2n) is 9.97. The third kappa shape index (κ3) is 7.34. The molecule has 0 bridgehead atoms. The van der Waals surface area contributed by atoms with Crippen molar-refractivity contribution in [3.63, 3.8) is 0 Å². The normalized spacial score (nSPS) is 18.9. The summed E-state index contributed by atoms with van der Waals surface area (Å²) in [7, 11) is 0. The topological polar surface area (TPSA) is 144 Å². The molecule has 3 aromatic carbocycles. The van der Waals surface area contributed by atoms with Crippen LogP contribution in [0.2, 0.25) is 0 Å². The highest BCUT2D eigenvalue weighted by Crippen LogP contribution is 2.33. The number of esters is 4. The van der Waals surface area contributed by atoms with Crippen LogP contribution < -0.4 is 10.3 Å². The van der Waals surface area contributed by atoms with Gasteiger partial charge in [0.1, 0.15) is 18.9 Å². The molecule has 0 saturated carbocycles. The molecule has 0 unspecified atom stereocenters. The fourth-order valence-corrected chi connectivity index (χ4v) is 4.77. The van der Waals surface area contributed by atoms with Crippen molar-refractivity contribution in [1.29, 1.82) is 0 Å². The molecular formula is C34H31N2O9+. The number of hydrogen-bond donors (Lipinski definition) is 1. The Kier molecular flexibility index (Phi) is 9.80. The summed E-state index contributed by atoms with van der Waals surface area (Å²) in [5.74, 6) is -2.54. The molecule has 0 spiro atoms. The molecule has 230 valence electrons. The van der Waals surface area contributed by atoms with Crippen LogP contribution in [0.15, 0.2) is 109 Å².